The van der Waals surface area contributed by atoms with Crippen molar-refractivity contribution in [1.82, 2.24) is 4.90 Å². The number of hydrogen-bond acceptors (Lipinski definition) is 5. The van der Waals surface area contributed by atoms with Crippen molar-refractivity contribution < 1.29 is 9.53 Å². The second-order valence-corrected chi connectivity index (χ2v) is 9.40. The van der Waals surface area contributed by atoms with Crippen LogP contribution in [0, 0.1) is 6.92 Å². The summed E-state index contributed by atoms with van der Waals surface area (Å²) < 4.78 is 5.27. The molecule has 0 bridgehead atoms. The van der Waals surface area contributed by atoms with Crippen molar-refractivity contribution in [3.8, 4) is 5.75 Å². The van der Waals surface area contributed by atoms with E-state index in [1.165, 1.54) is 22.9 Å². The molecule has 0 unspecified atom stereocenters. The number of carbonyl (C=O) groups excluding carboxylic acids is 1. The van der Waals surface area contributed by atoms with Crippen LogP contribution in [0.2, 0.25) is 0 Å². The molecule has 1 fully saturated rings. The van der Waals surface area contributed by atoms with Gasteiger partial charge in [0.15, 0.2) is 5.17 Å². The Morgan fingerprint density at radius 3 is 2.43 bits per heavy atom. The van der Waals surface area contributed by atoms with Crippen LogP contribution in [0.25, 0.3) is 6.08 Å². The second kappa shape index (κ2) is 9.84. The summed E-state index contributed by atoms with van der Waals surface area (Å²) in [5.41, 5.74) is 6.25. The lowest BCUT2D eigenvalue weighted by atomic mass is 10.0. The standard InChI is InChI=1S/C29H27N3O2S/c1-4-31-25-16-10-20(2)18-22(25)11-17-26(31)27-28(33)32(19-21-8-6-5-7-9-21)29(35-27)30-23-12-14-24(34-3)15-13-23/h5-18H,4,19H2,1-3H3. The first-order chi connectivity index (χ1) is 17.1. The van der Waals surface area contributed by atoms with Crippen molar-refractivity contribution >= 4 is 40.3 Å². The molecule has 0 atom stereocenters. The van der Waals surface area contributed by atoms with Crippen LogP contribution in [0.5, 0.6) is 5.75 Å². The lowest BCUT2D eigenvalue weighted by molar-refractivity contribution is -0.122. The molecule has 0 aromatic heterocycles. The fourth-order valence-corrected chi connectivity index (χ4v) is 5.37. The molecular weight excluding hydrogens is 454 g/mol. The molecule has 0 N–H and O–H groups in total. The molecule has 0 aliphatic carbocycles. The number of hydrogen-bond donors (Lipinski definition) is 0. The summed E-state index contributed by atoms with van der Waals surface area (Å²) in [6.45, 7) is 5.43. The van der Waals surface area contributed by atoms with Gasteiger partial charge in [-0.2, -0.15) is 0 Å². The number of likely N-dealkylation sites (N-methyl/N-ethyl adjacent to an activating group) is 1. The van der Waals surface area contributed by atoms with Gasteiger partial charge in [0, 0.05) is 12.2 Å². The zero-order valence-electron chi connectivity index (χ0n) is 20.1. The van der Waals surface area contributed by atoms with E-state index < -0.39 is 0 Å². The molecule has 5 rings (SSSR count). The molecule has 5 nitrogen and oxygen atoms in total. The van der Waals surface area contributed by atoms with Gasteiger partial charge >= 0.3 is 0 Å². The van der Waals surface area contributed by atoms with Gasteiger partial charge in [0.2, 0.25) is 0 Å². The van der Waals surface area contributed by atoms with E-state index in [1.54, 1.807) is 12.0 Å². The number of allylic oxidation sites excluding steroid dienone is 1. The van der Waals surface area contributed by atoms with E-state index in [9.17, 15) is 4.79 Å². The van der Waals surface area contributed by atoms with Crippen LogP contribution in [0.4, 0.5) is 11.4 Å². The SMILES string of the molecule is CCN1C(=C2SC(=Nc3ccc(OC)cc3)N(Cc3ccccc3)C2=O)C=Cc2cc(C)ccc21. The van der Waals surface area contributed by atoms with E-state index in [1.807, 2.05) is 54.6 Å². The number of thioether (sulfide) groups is 1. The fourth-order valence-electron chi connectivity index (χ4n) is 4.30. The Hall–Kier alpha value is -3.77. The van der Waals surface area contributed by atoms with Gasteiger partial charge in [-0.15, -0.1) is 0 Å². The maximum atomic E-state index is 13.8. The number of benzene rings is 3. The van der Waals surface area contributed by atoms with Crippen LogP contribution in [-0.4, -0.2) is 29.6 Å². The Labute approximate surface area is 210 Å². The third-order valence-corrected chi connectivity index (χ3v) is 7.16. The van der Waals surface area contributed by atoms with Crippen molar-refractivity contribution in [3.63, 3.8) is 0 Å². The Morgan fingerprint density at radius 2 is 1.71 bits per heavy atom. The van der Waals surface area contributed by atoms with Gasteiger partial charge in [0.1, 0.15) is 10.7 Å². The Balaban J connectivity index is 1.57. The molecule has 2 aliphatic rings. The van der Waals surface area contributed by atoms with Crippen molar-refractivity contribution in [2.24, 2.45) is 4.99 Å². The lowest BCUT2D eigenvalue weighted by Gasteiger charge is -2.30. The van der Waals surface area contributed by atoms with E-state index in [4.69, 9.17) is 9.73 Å². The molecule has 0 spiro atoms. The van der Waals surface area contributed by atoms with Gasteiger partial charge in [0.05, 0.1) is 25.0 Å². The van der Waals surface area contributed by atoms with E-state index in [0.717, 1.165) is 34.9 Å². The van der Waals surface area contributed by atoms with Gasteiger partial charge in [-0.05, 0) is 79.2 Å². The number of methoxy groups -OCH3 is 1. The van der Waals surface area contributed by atoms with Crippen LogP contribution in [-0.2, 0) is 11.3 Å². The van der Waals surface area contributed by atoms with Crippen LogP contribution < -0.4 is 9.64 Å². The third kappa shape index (κ3) is 4.62. The molecule has 2 heterocycles. The molecule has 1 amide bonds. The van der Waals surface area contributed by atoms with Gasteiger partial charge in [0.25, 0.3) is 5.91 Å². The molecule has 0 saturated carbocycles. The number of aryl methyl sites for hydroxylation is 1. The van der Waals surface area contributed by atoms with Crippen LogP contribution >= 0.6 is 11.8 Å². The first-order valence-corrected chi connectivity index (χ1v) is 12.5. The summed E-state index contributed by atoms with van der Waals surface area (Å²) in [5, 5.41) is 0.672. The third-order valence-electron chi connectivity index (χ3n) is 6.08. The molecular formula is C29H27N3O2S. The zero-order valence-corrected chi connectivity index (χ0v) is 20.9. The molecule has 176 valence electrons. The highest BCUT2D eigenvalue weighted by Crippen LogP contribution is 2.41. The predicted octanol–water partition coefficient (Wildman–Crippen LogP) is 6.53. The van der Waals surface area contributed by atoms with Crippen LogP contribution in [0.15, 0.2) is 94.5 Å². The van der Waals surface area contributed by atoms with Gasteiger partial charge in [-0.25, -0.2) is 4.99 Å². The van der Waals surface area contributed by atoms with Crippen molar-refractivity contribution in [2.75, 3.05) is 18.6 Å². The highest BCUT2D eigenvalue weighted by atomic mass is 32.2. The molecule has 0 radical (unpaired) electrons. The molecule has 2 aliphatic heterocycles. The Morgan fingerprint density at radius 1 is 0.943 bits per heavy atom. The number of carbonyl (C=O) groups is 1. The van der Waals surface area contributed by atoms with E-state index in [2.05, 4.69) is 49.1 Å². The normalized spacial score (nSPS) is 18.4. The number of amides is 1. The number of nitrogens with zero attached hydrogens (tertiary/aromatic N) is 3. The first-order valence-electron chi connectivity index (χ1n) is 11.6. The van der Waals surface area contributed by atoms with Crippen molar-refractivity contribution in [1.29, 1.82) is 0 Å². The Kier molecular flexibility index (Phi) is 6.47. The van der Waals surface area contributed by atoms with Gasteiger partial charge < -0.3 is 9.64 Å². The maximum absolute atomic E-state index is 13.8. The number of rotatable bonds is 5. The minimum atomic E-state index is -0.0280. The van der Waals surface area contributed by atoms with E-state index in [-0.39, 0.29) is 5.91 Å². The first kappa shape index (κ1) is 23.0. The summed E-state index contributed by atoms with van der Waals surface area (Å²) in [4.78, 5) is 23.4. The topological polar surface area (TPSA) is 45.1 Å². The predicted molar refractivity (Wildman–Crippen MR) is 145 cm³/mol. The Bertz CT molecular complexity index is 1340. The monoisotopic (exact) mass is 481 g/mol. The summed E-state index contributed by atoms with van der Waals surface area (Å²) in [6.07, 6.45) is 4.16. The summed E-state index contributed by atoms with van der Waals surface area (Å²) in [7, 11) is 1.64. The second-order valence-electron chi connectivity index (χ2n) is 8.43. The van der Waals surface area contributed by atoms with Crippen molar-refractivity contribution in [2.45, 2.75) is 20.4 Å². The number of amidine groups is 1. The highest BCUT2D eigenvalue weighted by molar-refractivity contribution is 8.18. The zero-order chi connectivity index (χ0) is 24.4. The van der Waals surface area contributed by atoms with E-state index in [0.29, 0.717) is 16.6 Å². The minimum absolute atomic E-state index is 0.0280. The molecule has 35 heavy (non-hydrogen) atoms. The molecule has 3 aromatic carbocycles. The summed E-state index contributed by atoms with van der Waals surface area (Å²) in [6, 6.07) is 24.0. The number of fused-ring (bicyclic) bond motifs is 1. The maximum Gasteiger partial charge on any atom is 0.269 e. The average Bonchev–Trinajstić information content (AvgIpc) is 3.18. The van der Waals surface area contributed by atoms with Gasteiger partial charge in [-0.1, -0.05) is 48.0 Å². The van der Waals surface area contributed by atoms with Gasteiger partial charge in [-0.3, -0.25) is 9.69 Å². The minimum Gasteiger partial charge on any atom is -0.497 e. The fraction of sp³-hybridized carbons (Fsp3) is 0.172. The molecule has 6 heteroatoms. The number of anilines is 1. The number of aliphatic imine (C=N–C) groups is 1. The van der Waals surface area contributed by atoms with Crippen LogP contribution in [0.3, 0.4) is 0 Å². The van der Waals surface area contributed by atoms with Crippen LogP contribution in [0.1, 0.15) is 23.6 Å². The van der Waals surface area contributed by atoms with E-state index >= 15 is 0 Å². The summed E-state index contributed by atoms with van der Waals surface area (Å²) >= 11 is 1.44. The summed E-state index contributed by atoms with van der Waals surface area (Å²) in [5.74, 6) is 0.743. The quantitative estimate of drug-likeness (QED) is 0.389. The average molecular weight is 482 g/mol. The highest BCUT2D eigenvalue weighted by Gasteiger charge is 2.37. The largest absolute Gasteiger partial charge is 0.497 e. The number of ether oxygens (including phenoxy) is 1. The molecule has 1 saturated heterocycles. The van der Waals surface area contributed by atoms with Crippen molar-refractivity contribution in [3.05, 3.63) is 106 Å². The molecule has 3 aromatic rings. The smallest absolute Gasteiger partial charge is 0.269 e. The lowest BCUT2D eigenvalue weighted by Crippen LogP contribution is -2.30.